The second-order valence-corrected chi connectivity index (χ2v) is 9.29. The molecule has 0 atom stereocenters. The lowest BCUT2D eigenvalue weighted by atomic mass is 9.90. The highest BCUT2D eigenvalue weighted by Gasteiger charge is 2.18. The Bertz CT molecular complexity index is 1220. The van der Waals surface area contributed by atoms with Crippen LogP contribution in [0.25, 0.3) is 11.3 Å². The molecule has 1 fully saturated rings. The number of benzene rings is 2. The molecule has 1 aliphatic carbocycles. The first kappa shape index (κ1) is 21.0. The molecule has 0 bridgehead atoms. The number of thiazole rings is 1. The number of carbonyl (C=O) groups is 1. The van der Waals surface area contributed by atoms with Crippen molar-refractivity contribution in [1.29, 1.82) is 0 Å². The van der Waals surface area contributed by atoms with E-state index in [9.17, 15) is 4.79 Å². The fourth-order valence-corrected chi connectivity index (χ4v) is 4.98. The van der Waals surface area contributed by atoms with E-state index >= 15 is 0 Å². The fourth-order valence-electron chi connectivity index (χ4n) is 4.00. The zero-order valence-electron chi connectivity index (χ0n) is 17.5. The summed E-state index contributed by atoms with van der Waals surface area (Å²) < 4.78 is 7.39. The van der Waals surface area contributed by atoms with E-state index in [0.717, 1.165) is 21.7 Å². The minimum absolute atomic E-state index is 0.0423. The summed E-state index contributed by atoms with van der Waals surface area (Å²) in [4.78, 5) is 17.3. The standard InChI is InChI=1S/C24H23ClN4O2S/c25-18-7-9-19(10-8-18)27-24-29(26-13-16-4-2-1-3-5-16)21(15-32-24)17-6-11-22-20(12-17)28-23(30)14-31-22/h6-13,15-16H,1-5,14H2,(H,28,30). The number of aromatic nitrogens is 1. The molecule has 1 aliphatic heterocycles. The fraction of sp³-hybridized carbons (Fsp3) is 0.292. The predicted octanol–water partition coefficient (Wildman–Crippen LogP) is 5.85. The van der Waals surface area contributed by atoms with E-state index in [4.69, 9.17) is 26.4 Å². The number of ether oxygens (including phenoxy) is 1. The van der Waals surface area contributed by atoms with Gasteiger partial charge in [0.2, 0.25) is 4.80 Å². The molecule has 0 unspecified atom stereocenters. The van der Waals surface area contributed by atoms with Gasteiger partial charge in [0.1, 0.15) is 5.75 Å². The van der Waals surface area contributed by atoms with E-state index in [1.165, 1.54) is 43.4 Å². The molecule has 0 radical (unpaired) electrons. The summed E-state index contributed by atoms with van der Waals surface area (Å²) in [6.45, 7) is 0.0423. The van der Waals surface area contributed by atoms with Crippen molar-refractivity contribution >= 4 is 46.4 Å². The Morgan fingerprint density at radius 2 is 1.94 bits per heavy atom. The van der Waals surface area contributed by atoms with Gasteiger partial charge in [0.05, 0.1) is 17.1 Å². The van der Waals surface area contributed by atoms with Gasteiger partial charge in [0.15, 0.2) is 6.61 Å². The number of hydrogen-bond donors (Lipinski definition) is 1. The van der Waals surface area contributed by atoms with Crippen LogP contribution in [0, 0.1) is 5.92 Å². The van der Waals surface area contributed by atoms with Crippen LogP contribution in [0.15, 0.2) is 57.9 Å². The van der Waals surface area contributed by atoms with E-state index in [2.05, 4.69) is 11.5 Å². The van der Waals surface area contributed by atoms with E-state index < -0.39 is 0 Å². The van der Waals surface area contributed by atoms with E-state index in [0.29, 0.717) is 22.4 Å². The number of fused-ring (bicyclic) bond motifs is 1. The van der Waals surface area contributed by atoms with Crippen LogP contribution >= 0.6 is 22.9 Å². The number of hydrogen-bond acceptors (Lipinski definition) is 5. The van der Waals surface area contributed by atoms with Gasteiger partial charge in [-0.2, -0.15) is 5.10 Å². The Kier molecular flexibility index (Phi) is 6.10. The van der Waals surface area contributed by atoms with Gasteiger partial charge in [-0.3, -0.25) is 4.79 Å². The summed E-state index contributed by atoms with van der Waals surface area (Å²) in [6.07, 6.45) is 8.24. The van der Waals surface area contributed by atoms with Crippen molar-refractivity contribution in [1.82, 2.24) is 4.68 Å². The maximum absolute atomic E-state index is 11.8. The molecule has 8 heteroatoms. The van der Waals surface area contributed by atoms with Crippen LogP contribution in [0.3, 0.4) is 0 Å². The zero-order valence-corrected chi connectivity index (χ0v) is 19.0. The second kappa shape index (κ2) is 9.30. The topological polar surface area (TPSA) is 68.0 Å². The Labute approximate surface area is 195 Å². The molecule has 2 aromatic carbocycles. The molecule has 0 spiro atoms. The van der Waals surface area contributed by atoms with Crippen LogP contribution in [0.5, 0.6) is 5.75 Å². The van der Waals surface area contributed by atoms with Gasteiger partial charge in [0.25, 0.3) is 5.91 Å². The molecule has 5 rings (SSSR count). The summed E-state index contributed by atoms with van der Waals surface area (Å²) in [7, 11) is 0. The highest BCUT2D eigenvalue weighted by atomic mass is 35.5. The van der Waals surface area contributed by atoms with Gasteiger partial charge < -0.3 is 10.1 Å². The van der Waals surface area contributed by atoms with E-state index in [1.54, 1.807) is 0 Å². The molecule has 2 aliphatic rings. The van der Waals surface area contributed by atoms with Crippen LogP contribution in [0.2, 0.25) is 5.02 Å². The van der Waals surface area contributed by atoms with E-state index in [1.807, 2.05) is 52.5 Å². The molecular weight excluding hydrogens is 444 g/mol. The normalized spacial score (nSPS) is 17.3. The molecule has 6 nitrogen and oxygen atoms in total. The van der Waals surface area contributed by atoms with Crippen LogP contribution in [0.4, 0.5) is 11.4 Å². The van der Waals surface area contributed by atoms with Crippen molar-refractivity contribution < 1.29 is 9.53 Å². The maximum Gasteiger partial charge on any atom is 0.262 e. The highest BCUT2D eigenvalue weighted by Crippen LogP contribution is 2.33. The molecule has 1 N–H and O–H groups in total. The molecule has 3 aromatic rings. The summed E-state index contributed by atoms with van der Waals surface area (Å²) in [5.41, 5.74) is 3.33. The molecular formula is C24H23ClN4O2S. The number of rotatable bonds is 4. The van der Waals surface area contributed by atoms with Gasteiger partial charge in [-0.15, -0.1) is 11.3 Å². The first-order chi connectivity index (χ1) is 15.7. The number of nitrogens with zero attached hydrogens (tertiary/aromatic N) is 3. The Hall–Kier alpha value is -2.90. The van der Waals surface area contributed by atoms with Gasteiger partial charge in [-0.25, -0.2) is 9.67 Å². The first-order valence-electron chi connectivity index (χ1n) is 10.8. The number of anilines is 1. The number of nitrogens with one attached hydrogen (secondary N) is 1. The quantitative estimate of drug-likeness (QED) is 0.490. The minimum Gasteiger partial charge on any atom is -0.482 e. The van der Waals surface area contributed by atoms with Crippen molar-refractivity contribution in [3.05, 3.63) is 57.7 Å². The van der Waals surface area contributed by atoms with Gasteiger partial charge in [-0.05, 0) is 61.2 Å². The molecule has 2 heterocycles. The summed E-state index contributed by atoms with van der Waals surface area (Å²) in [5.74, 6) is 1.01. The smallest absolute Gasteiger partial charge is 0.262 e. The first-order valence-corrected chi connectivity index (χ1v) is 12.0. The molecule has 1 saturated carbocycles. The SMILES string of the molecule is O=C1COc2ccc(-c3csc(=Nc4ccc(Cl)cc4)n3N=CC3CCCCC3)cc2N1. The summed E-state index contributed by atoms with van der Waals surface area (Å²) in [6, 6.07) is 13.2. The van der Waals surface area contributed by atoms with Gasteiger partial charge in [-0.1, -0.05) is 30.9 Å². The molecule has 1 amide bonds. The molecule has 32 heavy (non-hydrogen) atoms. The third kappa shape index (κ3) is 4.64. The number of amides is 1. The minimum atomic E-state index is -0.151. The lowest BCUT2D eigenvalue weighted by Gasteiger charge is -2.19. The van der Waals surface area contributed by atoms with E-state index in [-0.39, 0.29) is 12.5 Å². The molecule has 164 valence electrons. The Morgan fingerprint density at radius 3 is 2.75 bits per heavy atom. The summed E-state index contributed by atoms with van der Waals surface area (Å²) in [5, 5.41) is 10.5. The summed E-state index contributed by atoms with van der Waals surface area (Å²) >= 11 is 7.55. The zero-order chi connectivity index (χ0) is 21.9. The molecule has 1 aromatic heterocycles. The Balaban J connectivity index is 1.57. The van der Waals surface area contributed by atoms with Crippen molar-refractivity contribution in [3.63, 3.8) is 0 Å². The van der Waals surface area contributed by atoms with Crippen LogP contribution in [0.1, 0.15) is 32.1 Å². The lowest BCUT2D eigenvalue weighted by Crippen LogP contribution is -2.25. The van der Waals surface area contributed by atoms with Crippen molar-refractivity contribution in [2.75, 3.05) is 11.9 Å². The van der Waals surface area contributed by atoms with Crippen molar-refractivity contribution in [3.8, 4) is 17.0 Å². The Morgan fingerprint density at radius 1 is 1.12 bits per heavy atom. The average molecular weight is 467 g/mol. The predicted molar refractivity (Wildman–Crippen MR) is 129 cm³/mol. The van der Waals surface area contributed by atoms with Gasteiger partial charge in [0, 0.05) is 22.2 Å². The van der Waals surface area contributed by atoms with Crippen LogP contribution in [-0.4, -0.2) is 23.4 Å². The lowest BCUT2D eigenvalue weighted by molar-refractivity contribution is -0.118. The highest BCUT2D eigenvalue weighted by molar-refractivity contribution is 7.07. The number of halogens is 1. The average Bonchev–Trinajstić information content (AvgIpc) is 3.21. The maximum atomic E-state index is 11.8. The van der Waals surface area contributed by atoms with Crippen molar-refractivity contribution in [2.24, 2.45) is 16.0 Å². The largest absolute Gasteiger partial charge is 0.482 e. The second-order valence-electron chi connectivity index (χ2n) is 8.01. The third-order valence-corrected chi connectivity index (χ3v) is 6.76. The number of carbonyl (C=O) groups excluding carboxylic acids is 1. The molecule has 0 saturated heterocycles. The third-order valence-electron chi connectivity index (χ3n) is 5.69. The van der Waals surface area contributed by atoms with Crippen molar-refractivity contribution in [2.45, 2.75) is 32.1 Å². The van der Waals surface area contributed by atoms with Crippen LogP contribution in [-0.2, 0) is 4.79 Å². The monoisotopic (exact) mass is 466 g/mol. The van der Waals surface area contributed by atoms with Gasteiger partial charge >= 0.3 is 0 Å². The van der Waals surface area contributed by atoms with Crippen LogP contribution < -0.4 is 14.9 Å².